The molecule has 210 valence electrons. The van der Waals surface area contributed by atoms with E-state index in [9.17, 15) is 23.1 Å². The van der Waals surface area contributed by atoms with Crippen LogP contribution in [0.25, 0.3) is 27.5 Å². The highest BCUT2D eigenvalue weighted by Crippen LogP contribution is 2.35. The molecule has 0 fully saturated rings. The van der Waals surface area contributed by atoms with Gasteiger partial charge in [-0.3, -0.25) is 9.78 Å². The van der Waals surface area contributed by atoms with E-state index in [4.69, 9.17) is 28.3 Å². The monoisotopic (exact) mass is 616 g/mol. The molecule has 0 aliphatic carbocycles. The first-order chi connectivity index (χ1) is 19.6. The molecule has 1 atom stereocenters. The van der Waals surface area contributed by atoms with Gasteiger partial charge in [0.2, 0.25) is 0 Å². The first kappa shape index (κ1) is 28.8. The molecule has 1 amide bonds. The quantitative estimate of drug-likeness (QED) is 0.191. The molecule has 0 unspecified atom stereocenters. The first-order valence-corrected chi connectivity index (χ1v) is 13.8. The zero-order valence-corrected chi connectivity index (χ0v) is 23.4. The number of pyridine rings is 1. The average Bonchev–Trinajstić information content (AvgIpc) is 3.63. The van der Waals surface area contributed by atoms with Crippen molar-refractivity contribution in [2.45, 2.75) is 18.6 Å². The van der Waals surface area contributed by atoms with Crippen LogP contribution in [0, 0.1) is 0 Å². The molecule has 0 spiro atoms. The summed E-state index contributed by atoms with van der Waals surface area (Å²) in [5.41, 5.74) is 2.63. The minimum Gasteiger partial charge on any atom is -0.394 e. The van der Waals surface area contributed by atoms with E-state index in [0.717, 1.165) is 22.6 Å². The number of nitrogens with one attached hydrogen (secondary N) is 1. The lowest BCUT2D eigenvalue weighted by molar-refractivity contribution is -0.137. The standard InChI is InChI=1S/C29H21Cl2F3N4O2S/c30-22-8-7-21(13-23(22)31)38-25(14-24(37-38)18-2-1-11-35-15-18)26-9-10-27(41-26)28(40)36-20(16-39)12-17-3-5-19(6-4-17)29(32,33)34/h1-11,13-15,20,39H,12,16H2,(H,36,40)/t20-/m0/s1. The summed E-state index contributed by atoms with van der Waals surface area (Å²) in [5.74, 6) is -0.416. The topological polar surface area (TPSA) is 80.0 Å². The fourth-order valence-corrected chi connectivity index (χ4v) is 5.36. The van der Waals surface area contributed by atoms with Crippen molar-refractivity contribution in [3.05, 3.63) is 111 Å². The van der Waals surface area contributed by atoms with Gasteiger partial charge in [0, 0.05) is 18.0 Å². The van der Waals surface area contributed by atoms with Crippen LogP contribution in [0.1, 0.15) is 20.8 Å². The third kappa shape index (κ3) is 6.62. The second-order valence-corrected chi connectivity index (χ2v) is 11.0. The van der Waals surface area contributed by atoms with Gasteiger partial charge < -0.3 is 10.4 Å². The third-order valence-electron chi connectivity index (χ3n) is 6.22. The van der Waals surface area contributed by atoms with E-state index < -0.39 is 23.7 Å². The number of hydrogen-bond donors (Lipinski definition) is 2. The van der Waals surface area contributed by atoms with Crippen molar-refractivity contribution in [2.75, 3.05) is 6.61 Å². The lowest BCUT2D eigenvalue weighted by Gasteiger charge is -2.16. The van der Waals surface area contributed by atoms with E-state index in [1.54, 1.807) is 47.4 Å². The number of aromatic nitrogens is 3. The normalized spacial score (nSPS) is 12.3. The summed E-state index contributed by atoms with van der Waals surface area (Å²) in [6.07, 6.45) is -0.906. The summed E-state index contributed by atoms with van der Waals surface area (Å²) in [6.45, 7) is -0.385. The SMILES string of the molecule is O=C(N[C@H](CO)Cc1ccc(C(F)(F)F)cc1)c1ccc(-c2cc(-c3cccnc3)nn2-c2ccc(Cl)c(Cl)c2)s1. The Balaban J connectivity index is 1.39. The van der Waals surface area contributed by atoms with E-state index >= 15 is 0 Å². The lowest BCUT2D eigenvalue weighted by Crippen LogP contribution is -2.38. The Morgan fingerprint density at radius 3 is 2.46 bits per heavy atom. The number of hydrogen-bond acceptors (Lipinski definition) is 5. The number of alkyl halides is 3. The summed E-state index contributed by atoms with van der Waals surface area (Å²) < 4.78 is 40.3. The van der Waals surface area contributed by atoms with Crippen LogP contribution in [0.3, 0.4) is 0 Å². The van der Waals surface area contributed by atoms with Crippen molar-refractivity contribution in [1.82, 2.24) is 20.1 Å². The van der Waals surface area contributed by atoms with Crippen LogP contribution in [-0.4, -0.2) is 38.4 Å². The Kier molecular flexibility index (Phi) is 8.46. The van der Waals surface area contributed by atoms with Gasteiger partial charge in [0.1, 0.15) is 0 Å². The second-order valence-electron chi connectivity index (χ2n) is 9.08. The van der Waals surface area contributed by atoms with Crippen LogP contribution in [0.5, 0.6) is 0 Å². The van der Waals surface area contributed by atoms with Crippen molar-refractivity contribution in [3.63, 3.8) is 0 Å². The zero-order valence-electron chi connectivity index (χ0n) is 21.1. The van der Waals surface area contributed by atoms with Crippen LogP contribution < -0.4 is 5.32 Å². The molecule has 0 radical (unpaired) electrons. The van der Waals surface area contributed by atoms with Crippen molar-refractivity contribution >= 4 is 40.4 Å². The number of carbonyl (C=O) groups excluding carboxylic acids is 1. The van der Waals surface area contributed by atoms with E-state index in [1.807, 2.05) is 18.2 Å². The van der Waals surface area contributed by atoms with E-state index in [1.165, 1.54) is 23.5 Å². The summed E-state index contributed by atoms with van der Waals surface area (Å²) in [4.78, 5) is 18.4. The van der Waals surface area contributed by atoms with Crippen LogP contribution in [-0.2, 0) is 12.6 Å². The number of benzene rings is 2. The van der Waals surface area contributed by atoms with Gasteiger partial charge in [-0.1, -0.05) is 35.3 Å². The number of carbonyl (C=O) groups is 1. The Hall–Kier alpha value is -3.70. The zero-order chi connectivity index (χ0) is 29.1. The Bertz CT molecular complexity index is 1670. The smallest absolute Gasteiger partial charge is 0.394 e. The summed E-state index contributed by atoms with van der Waals surface area (Å²) in [6, 6.07) is 18.1. The Morgan fingerprint density at radius 1 is 1.02 bits per heavy atom. The second kappa shape index (κ2) is 12.0. The largest absolute Gasteiger partial charge is 0.416 e. The third-order valence-corrected chi connectivity index (χ3v) is 8.06. The summed E-state index contributed by atoms with van der Waals surface area (Å²) in [5, 5.41) is 18.1. The molecule has 6 nitrogen and oxygen atoms in total. The molecule has 0 aliphatic heterocycles. The molecular formula is C29H21Cl2F3N4O2S. The van der Waals surface area contributed by atoms with Crippen LogP contribution in [0.2, 0.25) is 10.0 Å². The van der Waals surface area contributed by atoms with E-state index in [-0.39, 0.29) is 13.0 Å². The van der Waals surface area contributed by atoms with Gasteiger partial charge in [-0.05, 0) is 72.6 Å². The van der Waals surface area contributed by atoms with Crippen LogP contribution >= 0.6 is 34.5 Å². The maximum absolute atomic E-state index is 13.1. The molecule has 3 aromatic heterocycles. The molecule has 5 aromatic rings. The summed E-state index contributed by atoms with van der Waals surface area (Å²) >= 11 is 13.6. The molecule has 12 heteroatoms. The highest BCUT2D eigenvalue weighted by atomic mass is 35.5. The van der Waals surface area contributed by atoms with Crippen LogP contribution in [0.15, 0.2) is 85.2 Å². The Morgan fingerprint density at radius 2 is 1.80 bits per heavy atom. The Labute approximate surface area is 247 Å². The first-order valence-electron chi connectivity index (χ1n) is 12.3. The number of aliphatic hydroxyl groups is 1. The number of nitrogens with zero attached hydrogens (tertiary/aromatic N) is 3. The fourth-order valence-electron chi connectivity index (χ4n) is 4.16. The van der Waals surface area contributed by atoms with E-state index in [2.05, 4.69) is 10.3 Å². The van der Waals surface area contributed by atoms with Crippen molar-refractivity contribution in [3.8, 4) is 27.5 Å². The number of amides is 1. The average molecular weight is 617 g/mol. The van der Waals surface area contributed by atoms with Gasteiger partial charge in [-0.2, -0.15) is 18.3 Å². The van der Waals surface area contributed by atoms with Crippen molar-refractivity contribution in [1.29, 1.82) is 0 Å². The highest BCUT2D eigenvalue weighted by molar-refractivity contribution is 7.17. The molecule has 0 saturated carbocycles. The predicted octanol–water partition coefficient (Wildman–Crippen LogP) is 7.32. The van der Waals surface area contributed by atoms with Gasteiger partial charge in [-0.25, -0.2) is 4.68 Å². The van der Waals surface area contributed by atoms with Gasteiger partial charge in [-0.15, -0.1) is 11.3 Å². The molecule has 41 heavy (non-hydrogen) atoms. The molecule has 5 rings (SSSR count). The van der Waals surface area contributed by atoms with Gasteiger partial charge in [0.15, 0.2) is 0 Å². The fraction of sp³-hybridized carbons (Fsp3) is 0.138. The van der Waals surface area contributed by atoms with Gasteiger partial charge >= 0.3 is 6.18 Å². The lowest BCUT2D eigenvalue weighted by atomic mass is 10.0. The number of rotatable bonds is 8. The molecule has 0 saturated heterocycles. The molecule has 0 aliphatic rings. The summed E-state index contributed by atoms with van der Waals surface area (Å²) in [7, 11) is 0. The maximum Gasteiger partial charge on any atom is 0.416 e. The minimum atomic E-state index is -4.44. The highest BCUT2D eigenvalue weighted by Gasteiger charge is 2.30. The minimum absolute atomic E-state index is 0.164. The van der Waals surface area contributed by atoms with E-state index in [0.29, 0.717) is 37.6 Å². The number of aliphatic hydroxyl groups excluding tert-OH is 1. The number of thiophene rings is 1. The maximum atomic E-state index is 13.1. The van der Waals surface area contributed by atoms with Crippen LogP contribution in [0.4, 0.5) is 13.2 Å². The van der Waals surface area contributed by atoms with Crippen molar-refractivity contribution in [2.24, 2.45) is 0 Å². The van der Waals surface area contributed by atoms with Crippen molar-refractivity contribution < 1.29 is 23.1 Å². The van der Waals surface area contributed by atoms with Gasteiger partial charge in [0.25, 0.3) is 5.91 Å². The molecule has 2 aromatic carbocycles. The predicted molar refractivity (Wildman–Crippen MR) is 154 cm³/mol. The van der Waals surface area contributed by atoms with Gasteiger partial charge in [0.05, 0.1) is 55.1 Å². The molecule has 0 bridgehead atoms. The number of halogens is 5. The molecule has 3 heterocycles. The molecule has 2 N–H and O–H groups in total. The molecular weight excluding hydrogens is 596 g/mol.